The van der Waals surface area contributed by atoms with Crippen LogP contribution in [0.3, 0.4) is 0 Å². The fourth-order valence-electron chi connectivity index (χ4n) is 2.15. The van der Waals surface area contributed by atoms with Gasteiger partial charge in [-0.3, -0.25) is 4.90 Å². The van der Waals surface area contributed by atoms with Crippen LogP contribution in [0.4, 0.5) is 4.39 Å². The Morgan fingerprint density at radius 2 is 2.00 bits per heavy atom. The van der Waals surface area contributed by atoms with Crippen LogP contribution in [0, 0.1) is 17.2 Å². The zero-order valence-electron chi connectivity index (χ0n) is 10.6. The lowest BCUT2D eigenvalue weighted by atomic mass is 9.76. The molecule has 0 radical (unpaired) electrons. The first kappa shape index (κ1) is 13.0. The summed E-state index contributed by atoms with van der Waals surface area (Å²) in [5.74, 6) is 0.630. The number of hydrogen-bond acceptors (Lipinski definition) is 1. The first-order valence-corrected chi connectivity index (χ1v) is 6.82. The van der Waals surface area contributed by atoms with Gasteiger partial charge in [-0.25, -0.2) is 4.39 Å². The van der Waals surface area contributed by atoms with Crippen molar-refractivity contribution in [3.63, 3.8) is 0 Å². The van der Waals surface area contributed by atoms with Gasteiger partial charge in [0.2, 0.25) is 0 Å². The van der Waals surface area contributed by atoms with E-state index in [0.29, 0.717) is 5.41 Å². The molecule has 1 aromatic carbocycles. The van der Waals surface area contributed by atoms with Gasteiger partial charge < -0.3 is 0 Å². The monoisotopic (exact) mass is 299 g/mol. The highest BCUT2D eigenvalue weighted by Gasteiger charge is 2.35. The number of halogens is 2. The summed E-state index contributed by atoms with van der Waals surface area (Å²) in [6, 6.07) is 5.15. The lowest BCUT2D eigenvalue weighted by Crippen LogP contribution is -2.51. The number of benzene rings is 1. The minimum Gasteiger partial charge on any atom is -0.298 e. The third kappa shape index (κ3) is 3.08. The van der Waals surface area contributed by atoms with Gasteiger partial charge >= 0.3 is 0 Å². The molecule has 0 saturated carbocycles. The molecule has 0 spiro atoms. The first-order valence-electron chi connectivity index (χ1n) is 6.02. The molecule has 1 fully saturated rings. The summed E-state index contributed by atoms with van der Waals surface area (Å²) in [4.78, 5) is 2.31. The number of nitrogens with zero attached hydrogens (tertiary/aromatic N) is 1. The minimum absolute atomic E-state index is 0.104. The van der Waals surface area contributed by atoms with E-state index in [0.717, 1.165) is 35.6 Å². The van der Waals surface area contributed by atoms with Crippen molar-refractivity contribution in [1.29, 1.82) is 0 Å². The lowest BCUT2D eigenvalue weighted by molar-refractivity contribution is 0.0182. The Morgan fingerprint density at radius 3 is 2.59 bits per heavy atom. The summed E-state index contributed by atoms with van der Waals surface area (Å²) in [5.41, 5.74) is 1.15. The molecule has 0 aromatic heterocycles. The second-order valence-corrected chi connectivity index (χ2v) is 6.91. The first-order chi connectivity index (χ1) is 7.86. The predicted molar refractivity (Wildman–Crippen MR) is 72.3 cm³/mol. The summed E-state index contributed by atoms with van der Waals surface area (Å²) in [5, 5.41) is 0. The Balaban J connectivity index is 1.94. The highest BCUT2D eigenvalue weighted by molar-refractivity contribution is 9.10. The Kier molecular flexibility index (Phi) is 3.60. The largest absolute Gasteiger partial charge is 0.298 e. The predicted octanol–water partition coefficient (Wildman–Crippen LogP) is 4.07. The number of rotatable bonds is 2. The Hall–Kier alpha value is -0.410. The molecule has 2 rings (SSSR count). The van der Waals surface area contributed by atoms with Crippen molar-refractivity contribution in [2.45, 2.75) is 27.3 Å². The summed E-state index contributed by atoms with van der Waals surface area (Å²) in [6.07, 6.45) is 0. The van der Waals surface area contributed by atoms with E-state index in [1.165, 1.54) is 6.07 Å². The maximum Gasteiger partial charge on any atom is 0.127 e. The van der Waals surface area contributed by atoms with Crippen molar-refractivity contribution >= 4 is 15.9 Å². The molecule has 0 atom stereocenters. The Bertz CT molecular complexity index is 405. The molecule has 1 saturated heterocycles. The van der Waals surface area contributed by atoms with E-state index >= 15 is 0 Å². The van der Waals surface area contributed by atoms with Gasteiger partial charge in [-0.1, -0.05) is 36.7 Å². The fraction of sp³-hybridized carbons (Fsp3) is 0.571. The maximum atomic E-state index is 13.6. The van der Waals surface area contributed by atoms with Crippen LogP contribution < -0.4 is 0 Å². The molecule has 1 aliphatic heterocycles. The summed E-state index contributed by atoms with van der Waals surface area (Å²) < 4.78 is 14.5. The van der Waals surface area contributed by atoms with Crippen molar-refractivity contribution in [2.24, 2.45) is 11.3 Å². The molecule has 17 heavy (non-hydrogen) atoms. The summed E-state index contributed by atoms with van der Waals surface area (Å²) >= 11 is 3.38. The molecule has 0 bridgehead atoms. The van der Waals surface area contributed by atoms with Crippen molar-refractivity contribution in [2.75, 3.05) is 13.1 Å². The van der Waals surface area contributed by atoms with Gasteiger partial charge in [0.1, 0.15) is 5.82 Å². The highest BCUT2D eigenvalue weighted by atomic mass is 79.9. The zero-order chi connectivity index (χ0) is 12.6. The van der Waals surface area contributed by atoms with Crippen LogP contribution in [0.15, 0.2) is 22.7 Å². The molecule has 0 unspecified atom stereocenters. The standard InChI is InChI=1S/C14H19BrFN/c1-14(2,3)11-8-17(9-11)7-10-6-12(15)4-5-13(10)16/h4-6,11H,7-9H2,1-3H3. The smallest absolute Gasteiger partial charge is 0.127 e. The van der Waals surface area contributed by atoms with Crippen molar-refractivity contribution in [3.05, 3.63) is 34.1 Å². The van der Waals surface area contributed by atoms with E-state index in [4.69, 9.17) is 0 Å². The van der Waals surface area contributed by atoms with Crippen LogP contribution in [0.25, 0.3) is 0 Å². The molecule has 3 heteroatoms. The molecule has 0 N–H and O–H groups in total. The highest BCUT2D eigenvalue weighted by Crippen LogP contribution is 2.34. The molecular formula is C14H19BrFN. The Morgan fingerprint density at radius 1 is 1.35 bits per heavy atom. The summed E-state index contributed by atoms with van der Waals surface area (Å²) in [6.45, 7) is 9.70. The van der Waals surface area contributed by atoms with Crippen molar-refractivity contribution < 1.29 is 4.39 Å². The topological polar surface area (TPSA) is 3.24 Å². The van der Waals surface area contributed by atoms with E-state index in [-0.39, 0.29) is 5.82 Å². The van der Waals surface area contributed by atoms with Crippen molar-refractivity contribution in [1.82, 2.24) is 4.90 Å². The lowest BCUT2D eigenvalue weighted by Gasteiger charge is -2.46. The second kappa shape index (κ2) is 4.69. The van der Waals surface area contributed by atoms with Crippen LogP contribution in [0.1, 0.15) is 26.3 Å². The molecule has 1 nitrogen and oxygen atoms in total. The average Bonchev–Trinajstić information content (AvgIpc) is 2.14. The van der Waals surface area contributed by atoms with Crippen molar-refractivity contribution in [3.8, 4) is 0 Å². The van der Waals surface area contributed by atoms with Crippen LogP contribution in [-0.4, -0.2) is 18.0 Å². The molecular weight excluding hydrogens is 281 g/mol. The molecule has 0 amide bonds. The third-order valence-electron chi connectivity index (χ3n) is 3.58. The van der Waals surface area contributed by atoms with Gasteiger partial charge in [0.25, 0.3) is 0 Å². The Labute approximate surface area is 111 Å². The van der Waals surface area contributed by atoms with E-state index < -0.39 is 0 Å². The SMILES string of the molecule is CC(C)(C)C1CN(Cc2cc(Br)ccc2F)C1. The van der Waals surface area contributed by atoms with Gasteiger partial charge in [0.05, 0.1) is 0 Å². The van der Waals surface area contributed by atoms with Gasteiger partial charge in [-0.05, 0) is 29.5 Å². The number of hydrogen-bond donors (Lipinski definition) is 0. The summed E-state index contributed by atoms with van der Waals surface area (Å²) in [7, 11) is 0. The van der Waals surface area contributed by atoms with Gasteiger partial charge in [-0.15, -0.1) is 0 Å². The molecule has 0 aliphatic carbocycles. The molecule has 1 heterocycles. The molecule has 1 aliphatic rings. The second-order valence-electron chi connectivity index (χ2n) is 5.99. The third-order valence-corrected chi connectivity index (χ3v) is 4.08. The normalized spacial score (nSPS) is 18.2. The van der Waals surface area contributed by atoms with Gasteiger partial charge in [0, 0.05) is 29.7 Å². The van der Waals surface area contributed by atoms with Gasteiger partial charge in [0.15, 0.2) is 0 Å². The quantitative estimate of drug-likeness (QED) is 0.796. The average molecular weight is 300 g/mol. The van der Waals surface area contributed by atoms with E-state index in [2.05, 4.69) is 41.6 Å². The van der Waals surface area contributed by atoms with E-state index in [1.807, 2.05) is 6.07 Å². The number of likely N-dealkylation sites (tertiary alicyclic amines) is 1. The van der Waals surface area contributed by atoms with Crippen LogP contribution in [-0.2, 0) is 6.54 Å². The van der Waals surface area contributed by atoms with Gasteiger partial charge in [-0.2, -0.15) is 0 Å². The maximum absolute atomic E-state index is 13.6. The van der Waals surface area contributed by atoms with Crippen LogP contribution in [0.5, 0.6) is 0 Å². The molecule has 94 valence electrons. The van der Waals surface area contributed by atoms with Crippen LogP contribution in [0.2, 0.25) is 0 Å². The fourth-order valence-corrected chi connectivity index (χ4v) is 2.56. The minimum atomic E-state index is -0.104. The van der Waals surface area contributed by atoms with Crippen LogP contribution >= 0.6 is 15.9 Å². The van der Waals surface area contributed by atoms with E-state index in [1.54, 1.807) is 6.07 Å². The molecule has 1 aromatic rings. The zero-order valence-corrected chi connectivity index (χ0v) is 12.2. The van der Waals surface area contributed by atoms with E-state index in [9.17, 15) is 4.39 Å².